The molecule has 9 heteroatoms. The highest BCUT2D eigenvalue weighted by Crippen LogP contribution is 2.40. The number of ether oxygens (including phenoxy) is 2. The van der Waals surface area contributed by atoms with E-state index in [1.54, 1.807) is 26.0 Å². The third-order valence-electron chi connectivity index (χ3n) is 7.85. The highest BCUT2D eigenvalue weighted by atomic mass is 16.6. The molecule has 1 heterocycles. The second-order valence-electron chi connectivity index (χ2n) is 11.5. The van der Waals surface area contributed by atoms with Gasteiger partial charge in [0.15, 0.2) is 0 Å². The molecule has 2 aromatic carbocycles. The van der Waals surface area contributed by atoms with Crippen molar-refractivity contribution in [1.82, 2.24) is 10.2 Å². The van der Waals surface area contributed by atoms with Crippen LogP contribution in [0, 0.1) is 10.1 Å². The monoisotopic (exact) mass is 605 g/mol. The van der Waals surface area contributed by atoms with Crippen LogP contribution in [0.1, 0.15) is 89.2 Å². The molecule has 1 atom stereocenters. The normalized spacial score (nSPS) is 14.9. The molecule has 238 valence electrons. The summed E-state index contributed by atoms with van der Waals surface area (Å²) in [7, 11) is 1.95. The summed E-state index contributed by atoms with van der Waals surface area (Å²) < 4.78 is 11.4. The number of nitrogens with zero attached hydrogens (tertiary/aromatic N) is 2. The molecule has 1 unspecified atom stereocenters. The first kappa shape index (κ1) is 34.5. The largest absolute Gasteiger partial charge is 0.462 e. The third kappa shape index (κ3) is 10.3. The Labute approximate surface area is 261 Å². The van der Waals surface area contributed by atoms with Crippen molar-refractivity contribution in [3.05, 3.63) is 98.4 Å². The minimum atomic E-state index is -0.878. The first-order valence-corrected chi connectivity index (χ1v) is 15.7. The lowest BCUT2D eigenvalue weighted by molar-refractivity contribution is -0.384. The van der Waals surface area contributed by atoms with E-state index in [-0.39, 0.29) is 30.0 Å². The number of non-ortho nitro benzene ring substituents is 1. The lowest BCUT2D eigenvalue weighted by Crippen LogP contribution is -2.33. The Morgan fingerprint density at radius 2 is 1.43 bits per heavy atom. The van der Waals surface area contributed by atoms with Crippen molar-refractivity contribution in [3.8, 4) is 0 Å². The lowest BCUT2D eigenvalue weighted by Gasteiger charge is -2.30. The average Bonchev–Trinajstić information content (AvgIpc) is 3.00. The number of likely N-dealkylation sites (N-methyl/N-ethyl adjacent to an activating group) is 1. The number of dihydropyridines is 1. The van der Waals surface area contributed by atoms with Crippen LogP contribution in [0.15, 0.2) is 77.1 Å². The van der Waals surface area contributed by atoms with Crippen LogP contribution in [0.4, 0.5) is 5.69 Å². The van der Waals surface area contributed by atoms with Crippen LogP contribution in [0.3, 0.4) is 0 Å². The van der Waals surface area contributed by atoms with Crippen LogP contribution in [-0.2, 0) is 25.6 Å². The van der Waals surface area contributed by atoms with Crippen LogP contribution >= 0.6 is 0 Å². The van der Waals surface area contributed by atoms with Gasteiger partial charge in [0.25, 0.3) is 5.69 Å². The van der Waals surface area contributed by atoms with Crippen molar-refractivity contribution in [3.63, 3.8) is 0 Å². The Morgan fingerprint density at radius 1 is 0.841 bits per heavy atom. The molecule has 0 spiro atoms. The Hall–Kier alpha value is -3.98. The molecular formula is C35H47N3O6. The average molecular weight is 606 g/mol. The van der Waals surface area contributed by atoms with E-state index < -0.39 is 22.8 Å². The number of hydrogen-bond donors (Lipinski definition) is 1. The summed E-state index contributed by atoms with van der Waals surface area (Å²) in [6.07, 6.45) is 8.96. The van der Waals surface area contributed by atoms with Gasteiger partial charge in [0, 0.05) is 36.6 Å². The van der Waals surface area contributed by atoms with Gasteiger partial charge < -0.3 is 14.8 Å². The van der Waals surface area contributed by atoms with E-state index in [9.17, 15) is 19.7 Å². The second-order valence-corrected chi connectivity index (χ2v) is 11.5. The first-order valence-electron chi connectivity index (χ1n) is 15.7. The summed E-state index contributed by atoms with van der Waals surface area (Å²) in [5.74, 6) is -2.01. The molecule has 0 saturated carbocycles. The molecule has 0 bridgehead atoms. The van der Waals surface area contributed by atoms with Crippen LogP contribution in [0.5, 0.6) is 0 Å². The van der Waals surface area contributed by atoms with E-state index in [2.05, 4.69) is 17.1 Å². The standard InChI is InChI=1S/C35H47N3O6/c1-5-6-7-8-9-10-11-15-22-43-34(39)31-26(2)36-27(3)32(33(31)29-19-16-20-30(24-29)38(41)42)35(40)44-23-21-37(4)25-28-17-13-12-14-18-28/h12-14,16-20,24,33,36H,5-11,15,21-23,25H2,1-4H3. The fourth-order valence-electron chi connectivity index (χ4n) is 5.51. The number of esters is 2. The number of nitrogens with one attached hydrogen (secondary N) is 1. The quantitative estimate of drug-likeness (QED) is 0.0823. The summed E-state index contributed by atoms with van der Waals surface area (Å²) in [5.41, 5.74) is 3.03. The van der Waals surface area contributed by atoms with Crippen molar-refractivity contribution in [2.75, 3.05) is 26.8 Å². The number of nitro benzene ring substituents is 1. The molecule has 0 radical (unpaired) electrons. The van der Waals surface area contributed by atoms with Gasteiger partial charge in [0.1, 0.15) is 6.61 Å². The molecule has 0 amide bonds. The summed E-state index contributed by atoms with van der Waals surface area (Å²) in [5, 5.41) is 14.8. The van der Waals surface area contributed by atoms with Gasteiger partial charge >= 0.3 is 11.9 Å². The number of allylic oxidation sites excluding steroid dienone is 2. The van der Waals surface area contributed by atoms with E-state index in [1.807, 2.05) is 37.4 Å². The van der Waals surface area contributed by atoms with Crippen molar-refractivity contribution >= 4 is 17.6 Å². The molecular weight excluding hydrogens is 558 g/mol. The Bertz CT molecular complexity index is 1320. The molecule has 0 aliphatic carbocycles. The molecule has 0 aromatic heterocycles. The lowest BCUT2D eigenvalue weighted by atomic mass is 9.80. The fourth-order valence-corrected chi connectivity index (χ4v) is 5.51. The third-order valence-corrected chi connectivity index (χ3v) is 7.85. The molecule has 3 rings (SSSR count). The van der Waals surface area contributed by atoms with Crippen LogP contribution in [0.25, 0.3) is 0 Å². The SMILES string of the molecule is CCCCCCCCCCOC(=O)C1=C(C)NC(C)=C(C(=O)OCCN(C)Cc2ccccc2)C1c1cccc([N+](=O)[O-])c1. The topological polar surface area (TPSA) is 111 Å². The zero-order chi connectivity index (χ0) is 31.9. The summed E-state index contributed by atoms with van der Waals surface area (Å²) in [6, 6.07) is 16.1. The Kier molecular flexibility index (Phi) is 14.1. The first-order chi connectivity index (χ1) is 21.2. The number of carbonyl (C=O) groups is 2. The maximum absolute atomic E-state index is 13.6. The van der Waals surface area contributed by atoms with E-state index in [0.717, 1.165) is 24.8 Å². The van der Waals surface area contributed by atoms with Gasteiger partial charge in [-0.25, -0.2) is 9.59 Å². The van der Waals surface area contributed by atoms with Crippen LogP contribution < -0.4 is 5.32 Å². The van der Waals surface area contributed by atoms with Crippen LogP contribution in [0.2, 0.25) is 0 Å². The Morgan fingerprint density at radius 3 is 2.05 bits per heavy atom. The zero-order valence-electron chi connectivity index (χ0n) is 26.6. The summed E-state index contributed by atoms with van der Waals surface area (Å²) in [4.78, 5) is 40.3. The minimum absolute atomic E-state index is 0.127. The number of hydrogen-bond acceptors (Lipinski definition) is 8. The molecule has 1 N–H and O–H groups in total. The van der Waals surface area contributed by atoms with Gasteiger partial charge in [-0.05, 0) is 38.4 Å². The smallest absolute Gasteiger partial charge is 0.336 e. The maximum atomic E-state index is 13.6. The van der Waals surface area contributed by atoms with Gasteiger partial charge in [0.05, 0.1) is 28.6 Å². The highest BCUT2D eigenvalue weighted by Gasteiger charge is 2.38. The van der Waals surface area contributed by atoms with E-state index in [4.69, 9.17) is 9.47 Å². The molecule has 1 aliphatic rings. The summed E-state index contributed by atoms with van der Waals surface area (Å²) in [6.45, 7) is 7.31. The molecule has 0 fully saturated rings. The predicted octanol–water partition coefficient (Wildman–Crippen LogP) is 7.19. The molecule has 9 nitrogen and oxygen atoms in total. The highest BCUT2D eigenvalue weighted by molar-refractivity contribution is 6.00. The summed E-state index contributed by atoms with van der Waals surface area (Å²) >= 11 is 0. The Balaban J connectivity index is 1.72. The number of carbonyl (C=O) groups excluding carboxylic acids is 2. The van der Waals surface area contributed by atoms with Crippen molar-refractivity contribution in [2.24, 2.45) is 0 Å². The minimum Gasteiger partial charge on any atom is -0.462 e. The zero-order valence-corrected chi connectivity index (χ0v) is 26.6. The van der Waals surface area contributed by atoms with Gasteiger partial charge in [-0.3, -0.25) is 15.0 Å². The van der Waals surface area contributed by atoms with Gasteiger partial charge in [-0.2, -0.15) is 0 Å². The molecule has 1 aliphatic heterocycles. The number of nitro groups is 1. The van der Waals surface area contributed by atoms with Crippen molar-refractivity contribution < 1.29 is 24.0 Å². The molecule has 0 saturated heterocycles. The van der Waals surface area contributed by atoms with Crippen LogP contribution in [-0.4, -0.2) is 48.6 Å². The van der Waals surface area contributed by atoms with Gasteiger partial charge in [-0.15, -0.1) is 0 Å². The predicted molar refractivity (Wildman–Crippen MR) is 172 cm³/mol. The van der Waals surface area contributed by atoms with E-state index in [1.165, 1.54) is 44.2 Å². The van der Waals surface area contributed by atoms with Crippen molar-refractivity contribution in [1.29, 1.82) is 0 Å². The van der Waals surface area contributed by atoms with E-state index in [0.29, 0.717) is 30.0 Å². The van der Waals surface area contributed by atoms with Gasteiger partial charge in [0.2, 0.25) is 0 Å². The number of unbranched alkanes of at least 4 members (excludes halogenated alkanes) is 7. The fraction of sp³-hybridized carbons (Fsp3) is 0.486. The second kappa shape index (κ2) is 18.0. The number of rotatable bonds is 18. The molecule has 44 heavy (non-hydrogen) atoms. The maximum Gasteiger partial charge on any atom is 0.336 e. The van der Waals surface area contributed by atoms with Crippen molar-refractivity contribution in [2.45, 2.75) is 84.6 Å². The van der Waals surface area contributed by atoms with E-state index >= 15 is 0 Å². The van der Waals surface area contributed by atoms with Gasteiger partial charge in [-0.1, -0.05) is 94.3 Å². The molecule has 2 aromatic rings. The number of benzene rings is 2.